The van der Waals surface area contributed by atoms with Crippen LogP contribution in [0.25, 0.3) is 0 Å². The summed E-state index contributed by atoms with van der Waals surface area (Å²) in [5.74, 6) is 0.116. The maximum absolute atomic E-state index is 12.6. The van der Waals surface area contributed by atoms with Gasteiger partial charge in [0.05, 0.1) is 19.3 Å². The van der Waals surface area contributed by atoms with Gasteiger partial charge in [-0.05, 0) is 36.9 Å². The Bertz CT molecular complexity index is 501. The SMILES string of the molecule is CCCN1CCOCC1C(=O)NC1CCc2ccccc21. The zero-order chi connectivity index (χ0) is 14.7. The van der Waals surface area contributed by atoms with Gasteiger partial charge in [-0.15, -0.1) is 0 Å². The topological polar surface area (TPSA) is 41.6 Å². The van der Waals surface area contributed by atoms with Crippen molar-refractivity contribution in [2.24, 2.45) is 0 Å². The summed E-state index contributed by atoms with van der Waals surface area (Å²) in [7, 11) is 0. The first kappa shape index (κ1) is 14.5. The minimum absolute atomic E-state index is 0.116. The van der Waals surface area contributed by atoms with Crippen LogP contribution in [0.1, 0.15) is 36.9 Å². The van der Waals surface area contributed by atoms with Crippen LogP contribution in [0.5, 0.6) is 0 Å². The number of carbonyl (C=O) groups is 1. The van der Waals surface area contributed by atoms with Gasteiger partial charge in [-0.3, -0.25) is 9.69 Å². The lowest BCUT2D eigenvalue weighted by Gasteiger charge is -2.35. The van der Waals surface area contributed by atoms with Gasteiger partial charge in [0, 0.05) is 6.54 Å². The van der Waals surface area contributed by atoms with Gasteiger partial charge in [-0.1, -0.05) is 31.2 Å². The fourth-order valence-corrected chi connectivity index (χ4v) is 3.41. The van der Waals surface area contributed by atoms with E-state index in [0.29, 0.717) is 6.61 Å². The molecule has 1 aromatic carbocycles. The molecule has 1 aliphatic heterocycles. The van der Waals surface area contributed by atoms with E-state index in [1.54, 1.807) is 0 Å². The third-order valence-electron chi connectivity index (χ3n) is 4.50. The average Bonchev–Trinajstić information content (AvgIpc) is 2.91. The van der Waals surface area contributed by atoms with Crippen molar-refractivity contribution in [1.29, 1.82) is 0 Å². The molecule has 2 aliphatic rings. The van der Waals surface area contributed by atoms with Crippen molar-refractivity contribution in [1.82, 2.24) is 10.2 Å². The van der Waals surface area contributed by atoms with E-state index in [2.05, 4.69) is 41.4 Å². The van der Waals surface area contributed by atoms with E-state index in [9.17, 15) is 4.79 Å². The molecule has 4 nitrogen and oxygen atoms in total. The number of rotatable bonds is 4. The third kappa shape index (κ3) is 3.11. The van der Waals surface area contributed by atoms with Crippen LogP contribution in [0.15, 0.2) is 24.3 Å². The summed E-state index contributed by atoms with van der Waals surface area (Å²) >= 11 is 0. The van der Waals surface area contributed by atoms with Gasteiger partial charge in [0.2, 0.25) is 5.91 Å². The van der Waals surface area contributed by atoms with E-state index >= 15 is 0 Å². The Kier molecular flexibility index (Phi) is 4.56. The van der Waals surface area contributed by atoms with E-state index in [-0.39, 0.29) is 18.0 Å². The van der Waals surface area contributed by atoms with E-state index in [0.717, 1.165) is 39.0 Å². The van der Waals surface area contributed by atoms with E-state index < -0.39 is 0 Å². The number of amides is 1. The third-order valence-corrected chi connectivity index (χ3v) is 4.50. The highest BCUT2D eigenvalue weighted by Gasteiger charge is 2.31. The van der Waals surface area contributed by atoms with Crippen molar-refractivity contribution >= 4 is 5.91 Å². The number of morpholine rings is 1. The summed E-state index contributed by atoms with van der Waals surface area (Å²) in [6.07, 6.45) is 3.13. The predicted octanol–water partition coefficient (Wildman–Crippen LogP) is 1.90. The van der Waals surface area contributed by atoms with Gasteiger partial charge in [0.15, 0.2) is 0 Å². The molecule has 4 heteroatoms. The number of hydrogen-bond acceptors (Lipinski definition) is 3. The van der Waals surface area contributed by atoms with Crippen molar-refractivity contribution in [2.75, 3.05) is 26.3 Å². The van der Waals surface area contributed by atoms with Crippen LogP contribution in [0.2, 0.25) is 0 Å². The van der Waals surface area contributed by atoms with E-state index in [1.165, 1.54) is 11.1 Å². The summed E-state index contributed by atoms with van der Waals surface area (Å²) in [4.78, 5) is 14.9. The van der Waals surface area contributed by atoms with Crippen molar-refractivity contribution in [3.8, 4) is 0 Å². The fourth-order valence-electron chi connectivity index (χ4n) is 3.41. The lowest BCUT2D eigenvalue weighted by Crippen LogP contribution is -2.54. The Hall–Kier alpha value is -1.39. The molecule has 0 saturated carbocycles. The molecule has 114 valence electrons. The molecule has 1 fully saturated rings. The molecule has 2 unspecified atom stereocenters. The van der Waals surface area contributed by atoms with E-state index in [1.807, 2.05) is 0 Å². The number of benzene rings is 1. The highest BCUT2D eigenvalue weighted by Crippen LogP contribution is 2.30. The average molecular weight is 288 g/mol. The first-order chi connectivity index (χ1) is 10.3. The molecule has 1 heterocycles. The number of carbonyl (C=O) groups excluding carboxylic acids is 1. The summed E-state index contributed by atoms with van der Waals surface area (Å²) in [6.45, 7) is 5.21. The molecular formula is C17H24N2O2. The molecule has 21 heavy (non-hydrogen) atoms. The molecular weight excluding hydrogens is 264 g/mol. The van der Waals surface area contributed by atoms with Crippen molar-refractivity contribution in [3.05, 3.63) is 35.4 Å². The largest absolute Gasteiger partial charge is 0.378 e. The highest BCUT2D eigenvalue weighted by molar-refractivity contribution is 5.82. The molecule has 0 radical (unpaired) electrons. The zero-order valence-corrected chi connectivity index (χ0v) is 12.7. The van der Waals surface area contributed by atoms with Gasteiger partial charge in [0.1, 0.15) is 6.04 Å². The van der Waals surface area contributed by atoms with Crippen LogP contribution < -0.4 is 5.32 Å². The van der Waals surface area contributed by atoms with Gasteiger partial charge in [-0.25, -0.2) is 0 Å². The Morgan fingerprint density at radius 3 is 3.14 bits per heavy atom. The summed E-state index contributed by atoms with van der Waals surface area (Å²) in [5.41, 5.74) is 2.65. The first-order valence-electron chi connectivity index (χ1n) is 7.99. The molecule has 1 aromatic rings. The van der Waals surface area contributed by atoms with Crippen LogP contribution in [0.4, 0.5) is 0 Å². The van der Waals surface area contributed by atoms with Gasteiger partial charge < -0.3 is 10.1 Å². The molecule has 1 saturated heterocycles. The van der Waals surface area contributed by atoms with Crippen LogP contribution in [0.3, 0.4) is 0 Å². The Morgan fingerprint density at radius 2 is 2.29 bits per heavy atom. The van der Waals surface area contributed by atoms with Crippen LogP contribution in [-0.4, -0.2) is 43.2 Å². The Balaban J connectivity index is 1.66. The maximum atomic E-state index is 12.6. The molecule has 1 aliphatic carbocycles. The molecule has 0 bridgehead atoms. The van der Waals surface area contributed by atoms with Gasteiger partial charge >= 0.3 is 0 Å². The maximum Gasteiger partial charge on any atom is 0.240 e. The summed E-state index contributed by atoms with van der Waals surface area (Å²) < 4.78 is 5.51. The summed E-state index contributed by atoms with van der Waals surface area (Å²) in [6, 6.07) is 8.45. The van der Waals surface area contributed by atoms with Crippen molar-refractivity contribution in [3.63, 3.8) is 0 Å². The van der Waals surface area contributed by atoms with Gasteiger partial charge in [0.25, 0.3) is 0 Å². The fraction of sp³-hybridized carbons (Fsp3) is 0.588. The number of ether oxygens (including phenoxy) is 1. The smallest absolute Gasteiger partial charge is 0.240 e. The number of fused-ring (bicyclic) bond motifs is 1. The second-order valence-corrected chi connectivity index (χ2v) is 5.93. The predicted molar refractivity (Wildman–Crippen MR) is 82.1 cm³/mol. The van der Waals surface area contributed by atoms with Crippen LogP contribution in [0, 0.1) is 0 Å². The molecule has 0 spiro atoms. The lowest BCUT2D eigenvalue weighted by molar-refractivity contribution is -0.133. The first-order valence-corrected chi connectivity index (χ1v) is 7.99. The summed E-state index contributed by atoms with van der Waals surface area (Å²) in [5, 5.41) is 3.23. The molecule has 1 amide bonds. The Labute approximate surface area is 126 Å². The van der Waals surface area contributed by atoms with Gasteiger partial charge in [-0.2, -0.15) is 0 Å². The number of nitrogens with zero attached hydrogens (tertiary/aromatic N) is 1. The van der Waals surface area contributed by atoms with Crippen molar-refractivity contribution < 1.29 is 9.53 Å². The van der Waals surface area contributed by atoms with E-state index in [4.69, 9.17) is 4.74 Å². The molecule has 3 rings (SSSR count). The number of aryl methyl sites for hydroxylation is 1. The minimum Gasteiger partial charge on any atom is -0.378 e. The molecule has 1 N–H and O–H groups in total. The second kappa shape index (κ2) is 6.58. The van der Waals surface area contributed by atoms with Crippen molar-refractivity contribution in [2.45, 2.75) is 38.3 Å². The number of nitrogens with one attached hydrogen (secondary N) is 1. The lowest BCUT2D eigenvalue weighted by atomic mass is 10.1. The zero-order valence-electron chi connectivity index (χ0n) is 12.7. The number of hydrogen-bond donors (Lipinski definition) is 1. The Morgan fingerprint density at radius 1 is 1.43 bits per heavy atom. The standard InChI is InChI=1S/C17H24N2O2/c1-2-9-19-10-11-21-12-16(19)17(20)18-15-8-7-13-5-3-4-6-14(13)15/h3-6,15-16H,2,7-12H2,1H3,(H,18,20). The quantitative estimate of drug-likeness (QED) is 0.920. The highest BCUT2D eigenvalue weighted by atomic mass is 16.5. The molecule has 0 aromatic heterocycles. The minimum atomic E-state index is -0.133. The normalized spacial score (nSPS) is 25.6. The van der Waals surface area contributed by atoms with Crippen LogP contribution in [-0.2, 0) is 16.0 Å². The monoisotopic (exact) mass is 288 g/mol. The second-order valence-electron chi connectivity index (χ2n) is 5.93. The van der Waals surface area contributed by atoms with Crippen LogP contribution >= 0.6 is 0 Å². The molecule has 2 atom stereocenters.